The van der Waals surface area contributed by atoms with Crippen LogP contribution in [0.4, 0.5) is 11.4 Å². The summed E-state index contributed by atoms with van der Waals surface area (Å²) in [6.45, 7) is 2.33. The molecule has 222 valence electrons. The van der Waals surface area contributed by atoms with Crippen molar-refractivity contribution in [1.29, 1.82) is 0 Å². The van der Waals surface area contributed by atoms with Crippen LogP contribution in [0.5, 0.6) is 0 Å². The number of hydrogen-bond donors (Lipinski definition) is 5. The number of anilines is 2. The summed E-state index contributed by atoms with van der Waals surface area (Å²) in [5.41, 5.74) is 6.42. The molecule has 3 atom stereocenters. The second-order valence-electron chi connectivity index (χ2n) is 11.3. The van der Waals surface area contributed by atoms with Gasteiger partial charge in [0, 0.05) is 63.1 Å². The van der Waals surface area contributed by atoms with Crippen LogP contribution in [-0.2, 0) is 4.79 Å². The molecule has 3 amide bonds. The SMILES string of the molecule is CCC(=O)Nc1ccc2[nH]c(C(=O)Nc3ccc4[nH]c(C(=O)N5CC(CBr)C6C5=CC(O)c5ccccc56)cc4c3)cc2c1. The van der Waals surface area contributed by atoms with Gasteiger partial charge in [-0.15, -0.1) is 0 Å². The third-order valence-corrected chi connectivity index (χ3v) is 9.35. The smallest absolute Gasteiger partial charge is 0.274 e. The van der Waals surface area contributed by atoms with E-state index in [-0.39, 0.29) is 29.6 Å². The Morgan fingerprint density at radius 2 is 1.52 bits per heavy atom. The highest BCUT2D eigenvalue weighted by atomic mass is 79.9. The molecule has 1 aliphatic heterocycles. The summed E-state index contributed by atoms with van der Waals surface area (Å²) in [5, 5.41) is 18.9. The molecule has 7 rings (SSSR count). The second-order valence-corrected chi connectivity index (χ2v) is 11.9. The summed E-state index contributed by atoms with van der Waals surface area (Å²) in [7, 11) is 0. The van der Waals surface area contributed by atoms with Crippen molar-refractivity contribution in [1.82, 2.24) is 14.9 Å². The number of nitrogens with one attached hydrogen (secondary N) is 4. The third-order valence-electron chi connectivity index (χ3n) is 8.52. The molecule has 0 radical (unpaired) electrons. The number of carbonyl (C=O) groups is 3. The van der Waals surface area contributed by atoms with Gasteiger partial charge >= 0.3 is 0 Å². The predicted molar refractivity (Wildman–Crippen MR) is 174 cm³/mol. The number of nitrogens with zero attached hydrogens (tertiary/aromatic N) is 1. The number of fused-ring (bicyclic) bond motifs is 5. The van der Waals surface area contributed by atoms with Crippen LogP contribution in [0.25, 0.3) is 21.8 Å². The Morgan fingerprint density at radius 1 is 0.886 bits per heavy atom. The van der Waals surface area contributed by atoms with Crippen molar-refractivity contribution in [2.75, 3.05) is 22.5 Å². The number of benzene rings is 3. The van der Waals surface area contributed by atoms with Crippen LogP contribution in [0, 0.1) is 5.92 Å². The Morgan fingerprint density at radius 3 is 2.20 bits per heavy atom. The Labute approximate surface area is 261 Å². The average molecular weight is 653 g/mol. The number of amides is 3. The summed E-state index contributed by atoms with van der Waals surface area (Å²) in [6.07, 6.45) is 1.42. The van der Waals surface area contributed by atoms with Gasteiger partial charge in [-0.3, -0.25) is 14.4 Å². The van der Waals surface area contributed by atoms with Gasteiger partial charge in [-0.1, -0.05) is 47.1 Å². The van der Waals surface area contributed by atoms with Crippen molar-refractivity contribution < 1.29 is 19.5 Å². The van der Waals surface area contributed by atoms with Gasteiger partial charge in [0.2, 0.25) is 5.91 Å². The van der Waals surface area contributed by atoms with Gasteiger partial charge in [-0.2, -0.15) is 0 Å². The Balaban J connectivity index is 1.11. The molecular weight excluding hydrogens is 622 g/mol. The number of alkyl halides is 1. The van der Waals surface area contributed by atoms with E-state index in [2.05, 4.69) is 36.5 Å². The number of halogens is 1. The lowest BCUT2D eigenvalue weighted by Gasteiger charge is -2.29. The van der Waals surface area contributed by atoms with Crippen LogP contribution in [0.3, 0.4) is 0 Å². The van der Waals surface area contributed by atoms with Gasteiger partial charge in [0.05, 0.1) is 6.10 Å². The first kappa shape index (κ1) is 28.1. The Kier molecular flexibility index (Phi) is 7.10. The van der Waals surface area contributed by atoms with E-state index in [0.717, 1.165) is 44.0 Å². The maximum absolute atomic E-state index is 13.8. The molecule has 2 aliphatic rings. The van der Waals surface area contributed by atoms with E-state index in [1.807, 2.05) is 48.5 Å². The summed E-state index contributed by atoms with van der Waals surface area (Å²) in [6, 6.07) is 22.3. The zero-order chi connectivity index (χ0) is 30.5. The molecule has 44 heavy (non-hydrogen) atoms. The molecule has 3 unspecified atom stereocenters. The van der Waals surface area contributed by atoms with Gasteiger partial charge in [-0.25, -0.2) is 0 Å². The molecule has 5 aromatic rings. The minimum atomic E-state index is -0.767. The van der Waals surface area contributed by atoms with Crippen molar-refractivity contribution in [3.63, 3.8) is 0 Å². The first-order chi connectivity index (χ1) is 21.3. The summed E-state index contributed by atoms with van der Waals surface area (Å²) >= 11 is 3.65. The predicted octanol–water partition coefficient (Wildman–Crippen LogP) is 6.43. The molecule has 0 saturated carbocycles. The Bertz CT molecular complexity index is 1990. The van der Waals surface area contributed by atoms with Gasteiger partial charge in [0.25, 0.3) is 11.8 Å². The summed E-state index contributed by atoms with van der Waals surface area (Å²) < 4.78 is 0. The molecule has 2 aromatic heterocycles. The fourth-order valence-corrected chi connectivity index (χ4v) is 6.94. The number of aromatic nitrogens is 2. The number of hydrogen-bond acceptors (Lipinski definition) is 4. The zero-order valence-corrected chi connectivity index (χ0v) is 25.4. The van der Waals surface area contributed by atoms with E-state index in [4.69, 9.17) is 0 Å². The maximum atomic E-state index is 13.8. The molecule has 3 heterocycles. The maximum Gasteiger partial charge on any atom is 0.274 e. The molecule has 9 nitrogen and oxygen atoms in total. The lowest BCUT2D eigenvalue weighted by Crippen LogP contribution is -2.29. The lowest BCUT2D eigenvalue weighted by molar-refractivity contribution is -0.115. The molecule has 1 saturated heterocycles. The topological polar surface area (TPSA) is 130 Å². The normalized spacial score (nSPS) is 19.0. The van der Waals surface area contributed by atoms with Crippen molar-refractivity contribution in [2.24, 2.45) is 5.92 Å². The van der Waals surface area contributed by atoms with Crippen LogP contribution in [0.1, 0.15) is 57.5 Å². The molecule has 1 fully saturated rings. The van der Waals surface area contributed by atoms with Crippen LogP contribution in [-0.4, -0.2) is 49.6 Å². The molecule has 0 bridgehead atoms. The number of allylic oxidation sites excluding steroid dienone is 1. The molecular formula is C34H30BrN5O4. The standard InChI is InChI=1S/C34H30BrN5O4/c1-2-31(42)36-21-7-9-25-18(11-21)13-27(38-25)33(43)37-22-8-10-26-19(12-22)14-28(39-26)34(44)40-17-20(16-35)32-24-6-4-3-5-23(24)30(41)15-29(32)40/h3-15,20,30,32,38-39,41H,2,16-17H2,1H3,(H,36,42)(H,37,43). The van der Waals surface area contributed by atoms with E-state index >= 15 is 0 Å². The van der Waals surface area contributed by atoms with Crippen molar-refractivity contribution in [3.05, 3.63) is 107 Å². The summed E-state index contributed by atoms with van der Waals surface area (Å²) in [5.74, 6) is -0.345. The van der Waals surface area contributed by atoms with E-state index in [1.54, 1.807) is 42.2 Å². The van der Waals surface area contributed by atoms with E-state index < -0.39 is 6.10 Å². The number of rotatable bonds is 6. The molecule has 3 aromatic carbocycles. The highest BCUT2D eigenvalue weighted by Crippen LogP contribution is 2.48. The van der Waals surface area contributed by atoms with Crippen LogP contribution in [0.2, 0.25) is 0 Å². The molecule has 10 heteroatoms. The number of aromatic amines is 2. The van der Waals surface area contributed by atoms with Crippen molar-refractivity contribution in [3.8, 4) is 0 Å². The fraction of sp³-hybridized carbons (Fsp3) is 0.206. The monoisotopic (exact) mass is 651 g/mol. The van der Waals surface area contributed by atoms with Gasteiger partial charge in [0.1, 0.15) is 11.4 Å². The quantitative estimate of drug-likeness (QED) is 0.135. The first-order valence-corrected chi connectivity index (χ1v) is 15.7. The van der Waals surface area contributed by atoms with Crippen molar-refractivity contribution >= 4 is 66.8 Å². The number of carbonyl (C=O) groups excluding carboxylic acids is 3. The van der Waals surface area contributed by atoms with Gasteiger partial charge in [-0.05, 0) is 71.7 Å². The van der Waals surface area contributed by atoms with E-state index in [1.165, 1.54) is 0 Å². The molecule has 0 spiro atoms. The number of H-pyrrole nitrogens is 2. The average Bonchev–Trinajstić information content (AvgIpc) is 3.75. The van der Waals surface area contributed by atoms with Crippen LogP contribution in [0.15, 0.2) is 84.6 Å². The third kappa shape index (κ3) is 4.89. The number of likely N-dealkylation sites (tertiary alicyclic amines) is 1. The first-order valence-electron chi connectivity index (χ1n) is 14.6. The Hall–Kier alpha value is -4.67. The molecule has 1 aliphatic carbocycles. The largest absolute Gasteiger partial charge is 0.384 e. The van der Waals surface area contributed by atoms with E-state index in [0.29, 0.717) is 35.7 Å². The molecule has 5 N–H and O–H groups in total. The van der Waals surface area contributed by atoms with Crippen molar-refractivity contribution in [2.45, 2.75) is 25.4 Å². The highest BCUT2D eigenvalue weighted by Gasteiger charge is 2.44. The van der Waals surface area contributed by atoms with Crippen LogP contribution < -0.4 is 10.6 Å². The fourth-order valence-electron chi connectivity index (χ4n) is 6.37. The van der Waals surface area contributed by atoms with Gasteiger partial charge in [0.15, 0.2) is 0 Å². The number of aliphatic hydroxyl groups excluding tert-OH is 1. The second kappa shape index (κ2) is 11.1. The number of aliphatic hydroxyl groups is 1. The zero-order valence-electron chi connectivity index (χ0n) is 23.9. The highest BCUT2D eigenvalue weighted by molar-refractivity contribution is 9.09. The minimum absolute atomic E-state index is 0.0236. The lowest BCUT2D eigenvalue weighted by atomic mass is 9.80. The van der Waals surface area contributed by atoms with Gasteiger partial charge < -0.3 is 30.6 Å². The minimum Gasteiger partial charge on any atom is -0.384 e. The van der Waals surface area contributed by atoms with E-state index in [9.17, 15) is 19.5 Å². The summed E-state index contributed by atoms with van der Waals surface area (Å²) in [4.78, 5) is 46.9. The van der Waals surface area contributed by atoms with Crippen LogP contribution >= 0.6 is 15.9 Å².